The standard InChI is InChI=1S/C16H18N2O2/c1-10-17-15-4-3-11(7-16(15)20-10)12-5-13-8-19-9-14(6-12)18(13)2/h3-5,7,13-14H,6,8-9H2,1-2H3. The van der Waals surface area contributed by atoms with E-state index in [9.17, 15) is 0 Å². The van der Waals surface area contributed by atoms with Crippen LogP contribution >= 0.6 is 0 Å². The fraction of sp³-hybridized carbons (Fsp3) is 0.438. The van der Waals surface area contributed by atoms with E-state index in [1.165, 1.54) is 11.1 Å². The zero-order valence-electron chi connectivity index (χ0n) is 11.8. The van der Waals surface area contributed by atoms with Crippen molar-refractivity contribution in [1.29, 1.82) is 0 Å². The Balaban J connectivity index is 1.75. The molecule has 1 saturated heterocycles. The molecule has 0 aliphatic carbocycles. The van der Waals surface area contributed by atoms with E-state index in [1.807, 2.05) is 13.0 Å². The minimum atomic E-state index is 0.393. The number of nitrogens with zero attached hydrogens (tertiary/aromatic N) is 2. The van der Waals surface area contributed by atoms with Crippen LogP contribution in [-0.4, -0.2) is 42.2 Å². The molecule has 0 amide bonds. The molecular weight excluding hydrogens is 252 g/mol. The SMILES string of the molecule is Cc1nc2ccc(C3=CC4COCC(C3)N4C)cc2o1. The maximum Gasteiger partial charge on any atom is 0.192 e. The zero-order valence-corrected chi connectivity index (χ0v) is 11.8. The molecule has 2 aliphatic heterocycles. The summed E-state index contributed by atoms with van der Waals surface area (Å²) in [6.07, 6.45) is 3.37. The quantitative estimate of drug-likeness (QED) is 0.798. The third-order valence-electron chi connectivity index (χ3n) is 4.41. The van der Waals surface area contributed by atoms with Crippen molar-refractivity contribution in [3.8, 4) is 0 Å². The van der Waals surface area contributed by atoms with Crippen molar-refractivity contribution in [1.82, 2.24) is 9.88 Å². The number of likely N-dealkylation sites (N-methyl/N-ethyl adjacent to an activating group) is 1. The summed E-state index contributed by atoms with van der Waals surface area (Å²) in [6.45, 7) is 3.50. The Bertz CT molecular complexity index is 689. The fourth-order valence-electron chi connectivity index (χ4n) is 3.21. The number of oxazole rings is 1. The van der Waals surface area contributed by atoms with Gasteiger partial charge in [-0.05, 0) is 36.7 Å². The summed E-state index contributed by atoms with van der Waals surface area (Å²) in [5.74, 6) is 0.722. The number of aromatic nitrogens is 1. The number of hydrogen-bond acceptors (Lipinski definition) is 4. The maximum atomic E-state index is 5.65. The second-order valence-corrected chi connectivity index (χ2v) is 5.74. The Morgan fingerprint density at radius 2 is 2.20 bits per heavy atom. The third kappa shape index (κ3) is 1.87. The van der Waals surface area contributed by atoms with Gasteiger partial charge in [-0.1, -0.05) is 12.1 Å². The topological polar surface area (TPSA) is 38.5 Å². The first kappa shape index (κ1) is 12.1. The molecule has 2 aliphatic rings. The van der Waals surface area contributed by atoms with Gasteiger partial charge in [0.1, 0.15) is 5.52 Å². The molecule has 1 aromatic carbocycles. The van der Waals surface area contributed by atoms with Crippen LogP contribution in [0.2, 0.25) is 0 Å². The Hall–Kier alpha value is -1.65. The second kappa shape index (κ2) is 4.43. The molecule has 2 bridgehead atoms. The van der Waals surface area contributed by atoms with Crippen molar-refractivity contribution in [2.24, 2.45) is 0 Å². The van der Waals surface area contributed by atoms with Gasteiger partial charge in [0.25, 0.3) is 0 Å². The van der Waals surface area contributed by atoms with Crippen molar-refractivity contribution in [3.05, 3.63) is 35.7 Å². The van der Waals surface area contributed by atoms with Crippen LogP contribution in [-0.2, 0) is 4.74 Å². The van der Waals surface area contributed by atoms with E-state index in [-0.39, 0.29) is 0 Å². The number of morpholine rings is 1. The van der Waals surface area contributed by atoms with Crippen molar-refractivity contribution >= 4 is 16.7 Å². The molecule has 1 fully saturated rings. The molecule has 0 radical (unpaired) electrons. The predicted octanol–water partition coefficient (Wildman–Crippen LogP) is 2.62. The minimum Gasteiger partial charge on any atom is -0.441 e. The van der Waals surface area contributed by atoms with Crippen LogP contribution < -0.4 is 0 Å². The summed E-state index contributed by atoms with van der Waals surface area (Å²) < 4.78 is 11.3. The van der Waals surface area contributed by atoms with E-state index in [2.05, 4.69) is 35.1 Å². The molecule has 1 aromatic heterocycles. The van der Waals surface area contributed by atoms with Gasteiger partial charge in [0.15, 0.2) is 11.5 Å². The Kier molecular flexibility index (Phi) is 2.69. The lowest BCUT2D eigenvalue weighted by atomic mass is 9.90. The molecule has 20 heavy (non-hydrogen) atoms. The molecule has 4 rings (SSSR count). The van der Waals surface area contributed by atoms with Crippen LogP contribution in [0, 0.1) is 6.92 Å². The highest BCUT2D eigenvalue weighted by molar-refractivity contribution is 5.79. The molecule has 104 valence electrons. The smallest absolute Gasteiger partial charge is 0.192 e. The lowest BCUT2D eigenvalue weighted by molar-refractivity contribution is -0.0221. The zero-order chi connectivity index (χ0) is 13.7. The van der Waals surface area contributed by atoms with Gasteiger partial charge in [-0.25, -0.2) is 4.98 Å². The van der Waals surface area contributed by atoms with Gasteiger partial charge in [0.05, 0.1) is 19.3 Å². The van der Waals surface area contributed by atoms with Crippen molar-refractivity contribution in [3.63, 3.8) is 0 Å². The highest BCUT2D eigenvalue weighted by Gasteiger charge is 2.32. The Labute approximate surface area is 118 Å². The molecule has 4 nitrogen and oxygen atoms in total. The fourth-order valence-corrected chi connectivity index (χ4v) is 3.21. The first-order chi connectivity index (χ1) is 9.70. The highest BCUT2D eigenvalue weighted by Crippen LogP contribution is 2.32. The lowest BCUT2D eigenvalue weighted by Crippen LogP contribution is -2.51. The molecular formula is C16H18N2O2. The minimum absolute atomic E-state index is 0.393. The van der Waals surface area contributed by atoms with Gasteiger partial charge in [-0.2, -0.15) is 0 Å². The third-order valence-corrected chi connectivity index (χ3v) is 4.41. The Morgan fingerprint density at radius 3 is 3.05 bits per heavy atom. The molecule has 2 atom stereocenters. The van der Waals surface area contributed by atoms with Crippen molar-refractivity contribution < 1.29 is 9.15 Å². The molecule has 0 N–H and O–H groups in total. The van der Waals surface area contributed by atoms with Gasteiger partial charge in [-0.3, -0.25) is 4.90 Å². The summed E-state index contributed by atoms with van der Waals surface area (Å²) in [5.41, 5.74) is 4.46. The summed E-state index contributed by atoms with van der Waals surface area (Å²) in [6, 6.07) is 7.19. The monoisotopic (exact) mass is 270 g/mol. The lowest BCUT2D eigenvalue weighted by Gasteiger charge is -2.42. The van der Waals surface area contributed by atoms with Crippen LogP contribution in [0.3, 0.4) is 0 Å². The molecule has 2 unspecified atom stereocenters. The van der Waals surface area contributed by atoms with Crippen molar-refractivity contribution in [2.45, 2.75) is 25.4 Å². The maximum absolute atomic E-state index is 5.65. The Morgan fingerprint density at radius 1 is 1.30 bits per heavy atom. The highest BCUT2D eigenvalue weighted by atomic mass is 16.5. The van der Waals surface area contributed by atoms with E-state index in [1.54, 1.807) is 0 Å². The number of benzene rings is 1. The molecule has 2 aromatic rings. The van der Waals surface area contributed by atoms with Crippen LogP contribution in [0.1, 0.15) is 17.9 Å². The van der Waals surface area contributed by atoms with E-state index >= 15 is 0 Å². The van der Waals surface area contributed by atoms with Gasteiger partial charge < -0.3 is 9.15 Å². The molecule has 0 saturated carbocycles. The van der Waals surface area contributed by atoms with E-state index in [4.69, 9.17) is 9.15 Å². The normalized spacial score (nSPS) is 26.8. The molecule has 0 spiro atoms. The van der Waals surface area contributed by atoms with E-state index in [0.717, 1.165) is 36.6 Å². The van der Waals surface area contributed by atoms with Gasteiger partial charge in [-0.15, -0.1) is 0 Å². The van der Waals surface area contributed by atoms with Crippen LogP contribution in [0.15, 0.2) is 28.7 Å². The predicted molar refractivity (Wildman–Crippen MR) is 77.5 cm³/mol. The van der Waals surface area contributed by atoms with Gasteiger partial charge in [0.2, 0.25) is 0 Å². The van der Waals surface area contributed by atoms with Crippen LogP contribution in [0.4, 0.5) is 0 Å². The summed E-state index contributed by atoms with van der Waals surface area (Å²) in [7, 11) is 2.19. The number of hydrogen-bond donors (Lipinski definition) is 0. The number of rotatable bonds is 1. The summed E-state index contributed by atoms with van der Waals surface area (Å²) in [4.78, 5) is 6.78. The van der Waals surface area contributed by atoms with E-state index in [0.29, 0.717) is 12.1 Å². The average Bonchev–Trinajstić information content (AvgIpc) is 2.77. The van der Waals surface area contributed by atoms with E-state index < -0.39 is 0 Å². The first-order valence-electron chi connectivity index (χ1n) is 7.08. The van der Waals surface area contributed by atoms with Crippen molar-refractivity contribution in [2.75, 3.05) is 20.3 Å². The summed E-state index contributed by atoms with van der Waals surface area (Å²) in [5, 5.41) is 0. The summed E-state index contributed by atoms with van der Waals surface area (Å²) >= 11 is 0. The molecule has 3 heterocycles. The van der Waals surface area contributed by atoms with Crippen LogP contribution in [0.25, 0.3) is 16.7 Å². The van der Waals surface area contributed by atoms with Crippen LogP contribution in [0.5, 0.6) is 0 Å². The molecule has 4 heteroatoms. The largest absolute Gasteiger partial charge is 0.441 e. The van der Waals surface area contributed by atoms with Gasteiger partial charge in [0, 0.05) is 13.0 Å². The van der Waals surface area contributed by atoms with Gasteiger partial charge >= 0.3 is 0 Å². The number of fused-ring (bicyclic) bond motifs is 3. The first-order valence-corrected chi connectivity index (χ1v) is 7.08. The number of ether oxygens (including phenoxy) is 1. The number of aryl methyl sites for hydroxylation is 1. The second-order valence-electron chi connectivity index (χ2n) is 5.74. The average molecular weight is 270 g/mol.